The number of allylic oxidation sites excluding steroid dienone is 1. The molecule has 1 aliphatic rings. The average molecular weight is 284 g/mol. The van der Waals surface area contributed by atoms with Gasteiger partial charge in [0, 0.05) is 37.9 Å². The van der Waals surface area contributed by atoms with Crippen molar-refractivity contribution in [3.05, 3.63) is 58.6 Å². The highest BCUT2D eigenvalue weighted by Gasteiger charge is 2.17. The maximum atomic E-state index is 12.1. The minimum absolute atomic E-state index is 0.0346. The first kappa shape index (κ1) is 13.9. The fraction of sp³-hybridized carbons (Fsp3) is 0.353. The summed E-state index contributed by atoms with van der Waals surface area (Å²) < 4.78 is 5.85. The topological polar surface area (TPSA) is 36.7 Å². The summed E-state index contributed by atoms with van der Waals surface area (Å²) in [6, 6.07) is 9.01. The summed E-state index contributed by atoms with van der Waals surface area (Å²) in [4.78, 5) is 16.7. The molecule has 1 aromatic carbocycles. The lowest BCUT2D eigenvalue weighted by molar-refractivity contribution is 0.145. The highest BCUT2D eigenvalue weighted by Crippen LogP contribution is 2.15. The minimum Gasteiger partial charge on any atom is -0.459 e. The standard InChI is InChI=1S/C17H20N2O2/c1-13(2)19-9-7-18(8-10-19)12-14-11-16(20)15-5-3-4-6-17(15)21-14/h3-6,11H,1,7-10,12H2,2H3. The molecule has 0 N–H and O–H groups in total. The third-order valence-corrected chi connectivity index (χ3v) is 3.98. The lowest BCUT2D eigenvalue weighted by atomic mass is 10.2. The molecule has 4 heteroatoms. The second-order valence-corrected chi connectivity index (χ2v) is 5.57. The largest absolute Gasteiger partial charge is 0.459 e. The first-order valence-electron chi connectivity index (χ1n) is 7.28. The first-order valence-corrected chi connectivity index (χ1v) is 7.28. The van der Waals surface area contributed by atoms with Crippen molar-refractivity contribution in [2.75, 3.05) is 26.2 Å². The number of hydrogen-bond acceptors (Lipinski definition) is 4. The van der Waals surface area contributed by atoms with E-state index in [2.05, 4.69) is 16.4 Å². The van der Waals surface area contributed by atoms with E-state index in [4.69, 9.17) is 4.42 Å². The summed E-state index contributed by atoms with van der Waals surface area (Å²) in [6.45, 7) is 10.6. The van der Waals surface area contributed by atoms with Crippen LogP contribution in [0.4, 0.5) is 0 Å². The Hall–Kier alpha value is -2.07. The fourth-order valence-corrected chi connectivity index (χ4v) is 2.74. The molecule has 0 aliphatic carbocycles. The zero-order valence-corrected chi connectivity index (χ0v) is 12.3. The van der Waals surface area contributed by atoms with Gasteiger partial charge in [0.2, 0.25) is 0 Å². The molecule has 0 atom stereocenters. The SMILES string of the molecule is C=C(C)N1CCN(Cc2cc(=O)c3ccccc3o2)CC1. The summed E-state index contributed by atoms with van der Waals surface area (Å²) in [5.41, 5.74) is 1.82. The lowest BCUT2D eigenvalue weighted by Crippen LogP contribution is -2.44. The molecule has 0 amide bonds. The molecule has 2 aromatic rings. The highest BCUT2D eigenvalue weighted by molar-refractivity contribution is 5.76. The molecule has 1 aliphatic heterocycles. The minimum atomic E-state index is 0.0346. The van der Waals surface area contributed by atoms with E-state index in [9.17, 15) is 4.79 Å². The Morgan fingerprint density at radius 2 is 1.95 bits per heavy atom. The van der Waals surface area contributed by atoms with E-state index in [-0.39, 0.29) is 5.43 Å². The van der Waals surface area contributed by atoms with Gasteiger partial charge in [0.05, 0.1) is 11.9 Å². The maximum absolute atomic E-state index is 12.1. The van der Waals surface area contributed by atoms with Crippen LogP contribution in [0.3, 0.4) is 0 Å². The number of piperazine rings is 1. The monoisotopic (exact) mass is 284 g/mol. The second-order valence-electron chi connectivity index (χ2n) is 5.57. The molecule has 21 heavy (non-hydrogen) atoms. The number of para-hydroxylation sites is 1. The van der Waals surface area contributed by atoms with Gasteiger partial charge in [-0.25, -0.2) is 0 Å². The zero-order chi connectivity index (χ0) is 14.8. The van der Waals surface area contributed by atoms with E-state index in [1.807, 2.05) is 25.1 Å². The molecule has 1 aromatic heterocycles. The van der Waals surface area contributed by atoms with Gasteiger partial charge in [-0.1, -0.05) is 18.7 Å². The van der Waals surface area contributed by atoms with Crippen molar-refractivity contribution in [2.45, 2.75) is 13.5 Å². The summed E-state index contributed by atoms with van der Waals surface area (Å²) >= 11 is 0. The van der Waals surface area contributed by atoms with Crippen molar-refractivity contribution in [1.29, 1.82) is 0 Å². The third kappa shape index (κ3) is 3.00. The van der Waals surface area contributed by atoms with E-state index in [0.717, 1.165) is 37.6 Å². The summed E-state index contributed by atoms with van der Waals surface area (Å²) in [6.07, 6.45) is 0. The van der Waals surface area contributed by atoms with Crippen molar-refractivity contribution in [3.63, 3.8) is 0 Å². The predicted octanol–water partition coefficient (Wildman–Crippen LogP) is 2.44. The molecule has 0 spiro atoms. The van der Waals surface area contributed by atoms with Gasteiger partial charge in [0.25, 0.3) is 0 Å². The van der Waals surface area contributed by atoms with Crippen LogP contribution >= 0.6 is 0 Å². The van der Waals surface area contributed by atoms with Gasteiger partial charge in [-0.05, 0) is 19.1 Å². The molecule has 0 radical (unpaired) electrons. The van der Waals surface area contributed by atoms with Crippen LogP contribution in [0.25, 0.3) is 11.0 Å². The molecule has 1 saturated heterocycles. The Kier molecular flexibility index (Phi) is 3.80. The number of benzene rings is 1. The van der Waals surface area contributed by atoms with Crippen molar-refractivity contribution in [1.82, 2.24) is 9.80 Å². The van der Waals surface area contributed by atoms with E-state index in [0.29, 0.717) is 17.5 Å². The van der Waals surface area contributed by atoms with Gasteiger partial charge in [-0.2, -0.15) is 0 Å². The van der Waals surface area contributed by atoms with Gasteiger partial charge in [-0.3, -0.25) is 9.69 Å². The molecule has 1 fully saturated rings. The van der Waals surface area contributed by atoms with E-state index >= 15 is 0 Å². The fourth-order valence-electron chi connectivity index (χ4n) is 2.74. The molecule has 110 valence electrons. The molecule has 3 rings (SSSR count). The molecular weight excluding hydrogens is 264 g/mol. The summed E-state index contributed by atoms with van der Waals surface area (Å²) in [5, 5.41) is 0.647. The third-order valence-electron chi connectivity index (χ3n) is 3.98. The Bertz CT molecular complexity index is 712. The number of fused-ring (bicyclic) bond motifs is 1. The van der Waals surface area contributed by atoms with Crippen molar-refractivity contribution in [2.24, 2.45) is 0 Å². The second kappa shape index (κ2) is 5.74. The van der Waals surface area contributed by atoms with E-state index in [1.165, 1.54) is 0 Å². The highest BCUT2D eigenvalue weighted by atomic mass is 16.3. The van der Waals surface area contributed by atoms with Gasteiger partial charge in [0.1, 0.15) is 11.3 Å². The Balaban J connectivity index is 1.74. The molecular formula is C17H20N2O2. The quantitative estimate of drug-likeness (QED) is 0.867. The Morgan fingerprint density at radius 3 is 2.67 bits per heavy atom. The predicted molar refractivity (Wildman–Crippen MR) is 84.1 cm³/mol. The lowest BCUT2D eigenvalue weighted by Gasteiger charge is -2.35. The van der Waals surface area contributed by atoms with Gasteiger partial charge in [-0.15, -0.1) is 0 Å². The first-order chi connectivity index (χ1) is 10.1. The molecule has 2 heterocycles. The summed E-state index contributed by atoms with van der Waals surface area (Å²) in [7, 11) is 0. The summed E-state index contributed by atoms with van der Waals surface area (Å²) in [5.74, 6) is 0.738. The number of nitrogens with zero attached hydrogens (tertiary/aromatic N) is 2. The van der Waals surface area contributed by atoms with Crippen molar-refractivity contribution in [3.8, 4) is 0 Å². The van der Waals surface area contributed by atoms with Gasteiger partial charge >= 0.3 is 0 Å². The van der Waals surface area contributed by atoms with E-state index < -0.39 is 0 Å². The van der Waals surface area contributed by atoms with Crippen molar-refractivity contribution >= 4 is 11.0 Å². The van der Waals surface area contributed by atoms with Crippen LogP contribution in [-0.4, -0.2) is 36.0 Å². The smallest absolute Gasteiger partial charge is 0.192 e. The van der Waals surface area contributed by atoms with Crippen LogP contribution in [0.2, 0.25) is 0 Å². The van der Waals surface area contributed by atoms with Crippen LogP contribution in [-0.2, 0) is 6.54 Å². The normalized spacial score (nSPS) is 16.3. The van der Waals surface area contributed by atoms with Crippen LogP contribution < -0.4 is 5.43 Å². The molecule has 4 nitrogen and oxygen atoms in total. The van der Waals surface area contributed by atoms with Gasteiger partial charge < -0.3 is 9.32 Å². The Morgan fingerprint density at radius 1 is 1.24 bits per heavy atom. The molecule has 0 saturated carbocycles. The van der Waals surface area contributed by atoms with Crippen LogP contribution in [0.15, 0.2) is 51.8 Å². The van der Waals surface area contributed by atoms with Crippen LogP contribution in [0.5, 0.6) is 0 Å². The zero-order valence-electron chi connectivity index (χ0n) is 12.3. The number of rotatable bonds is 3. The van der Waals surface area contributed by atoms with Gasteiger partial charge in [0.15, 0.2) is 5.43 Å². The Labute approximate surface area is 124 Å². The van der Waals surface area contributed by atoms with E-state index in [1.54, 1.807) is 12.1 Å². The molecule has 0 unspecified atom stereocenters. The average Bonchev–Trinajstić information content (AvgIpc) is 2.48. The molecule has 0 bridgehead atoms. The van der Waals surface area contributed by atoms with Crippen LogP contribution in [0.1, 0.15) is 12.7 Å². The number of hydrogen-bond donors (Lipinski definition) is 0. The van der Waals surface area contributed by atoms with Crippen LogP contribution in [0, 0.1) is 0 Å². The maximum Gasteiger partial charge on any atom is 0.192 e. The van der Waals surface area contributed by atoms with Crippen molar-refractivity contribution < 1.29 is 4.42 Å².